The van der Waals surface area contributed by atoms with Gasteiger partial charge in [-0.05, 0) is 50.2 Å². The molecule has 3 aromatic carbocycles. The lowest BCUT2D eigenvalue weighted by Gasteiger charge is -2.13. The van der Waals surface area contributed by atoms with Crippen LogP contribution in [0.5, 0.6) is 23.0 Å². The number of ether oxygens (including phenoxy) is 2. The standard InChI is InChI=1S/C24H18O2S2/c1-15-13-19-21(25-17-9-5-3-6-10-17)24-20(14-16(2)28-24)22(23(19)27-15)26-18-11-7-4-8-12-18/h3-14H,1-2H3. The molecule has 0 N–H and O–H groups in total. The number of aryl methyl sites for hydroxylation is 2. The smallest absolute Gasteiger partial charge is 0.154 e. The van der Waals surface area contributed by atoms with E-state index in [1.807, 2.05) is 60.7 Å². The van der Waals surface area contributed by atoms with E-state index in [-0.39, 0.29) is 0 Å². The largest absolute Gasteiger partial charge is 0.455 e. The Morgan fingerprint density at radius 1 is 0.571 bits per heavy atom. The number of hydrogen-bond donors (Lipinski definition) is 0. The van der Waals surface area contributed by atoms with E-state index < -0.39 is 0 Å². The van der Waals surface area contributed by atoms with Gasteiger partial charge in [-0.2, -0.15) is 0 Å². The molecule has 0 unspecified atom stereocenters. The normalized spacial score (nSPS) is 11.2. The first-order valence-corrected chi connectivity index (χ1v) is 10.7. The van der Waals surface area contributed by atoms with E-state index in [0.717, 1.165) is 43.2 Å². The van der Waals surface area contributed by atoms with Crippen LogP contribution in [0.15, 0.2) is 72.8 Å². The minimum Gasteiger partial charge on any atom is -0.455 e. The SMILES string of the molecule is Cc1cc2c(Oc3ccccc3)c3sc(C)cc3c(Oc3ccccc3)c2s1. The van der Waals surface area contributed by atoms with Gasteiger partial charge in [0, 0.05) is 20.5 Å². The molecule has 5 rings (SSSR count). The molecule has 0 fully saturated rings. The van der Waals surface area contributed by atoms with E-state index in [1.165, 1.54) is 9.75 Å². The topological polar surface area (TPSA) is 18.5 Å². The van der Waals surface area contributed by atoms with Crippen LogP contribution < -0.4 is 9.47 Å². The van der Waals surface area contributed by atoms with Crippen molar-refractivity contribution in [3.63, 3.8) is 0 Å². The zero-order valence-corrected chi connectivity index (χ0v) is 17.2. The predicted octanol–water partition coefficient (Wildman–Crippen LogP) is 8.32. The molecule has 2 nitrogen and oxygen atoms in total. The first-order chi connectivity index (χ1) is 13.7. The summed E-state index contributed by atoms with van der Waals surface area (Å²) in [6, 6.07) is 24.3. The molecule has 5 aromatic rings. The van der Waals surface area contributed by atoms with Crippen LogP contribution in [0.25, 0.3) is 20.2 Å². The number of rotatable bonds is 4. The van der Waals surface area contributed by atoms with E-state index in [1.54, 1.807) is 22.7 Å². The van der Waals surface area contributed by atoms with Crippen LogP contribution in [0.1, 0.15) is 9.75 Å². The summed E-state index contributed by atoms with van der Waals surface area (Å²) in [5.41, 5.74) is 0. The Hall–Kier alpha value is -2.82. The average Bonchev–Trinajstić information content (AvgIpc) is 3.28. The Morgan fingerprint density at radius 3 is 1.36 bits per heavy atom. The number of para-hydroxylation sites is 2. The highest BCUT2D eigenvalue weighted by Crippen LogP contribution is 2.51. The third kappa shape index (κ3) is 3.05. The molecule has 0 spiro atoms. The summed E-state index contributed by atoms with van der Waals surface area (Å²) in [5, 5.41) is 2.21. The van der Waals surface area contributed by atoms with Gasteiger partial charge in [0.25, 0.3) is 0 Å². The van der Waals surface area contributed by atoms with Gasteiger partial charge in [0.05, 0.1) is 9.40 Å². The van der Waals surface area contributed by atoms with Crippen LogP contribution in [-0.4, -0.2) is 0 Å². The highest BCUT2D eigenvalue weighted by molar-refractivity contribution is 7.21. The van der Waals surface area contributed by atoms with Crippen molar-refractivity contribution in [2.75, 3.05) is 0 Å². The molecule has 0 radical (unpaired) electrons. The first kappa shape index (κ1) is 17.3. The summed E-state index contributed by atoms with van der Waals surface area (Å²) in [6.45, 7) is 4.26. The Balaban J connectivity index is 1.77. The molecule has 0 saturated carbocycles. The molecule has 138 valence electrons. The number of benzene rings is 3. The minimum atomic E-state index is 0.844. The van der Waals surface area contributed by atoms with Gasteiger partial charge < -0.3 is 9.47 Å². The van der Waals surface area contributed by atoms with Crippen molar-refractivity contribution in [3.05, 3.63) is 82.6 Å². The van der Waals surface area contributed by atoms with Crippen LogP contribution in [-0.2, 0) is 0 Å². The van der Waals surface area contributed by atoms with Gasteiger partial charge >= 0.3 is 0 Å². The summed E-state index contributed by atoms with van der Waals surface area (Å²) in [7, 11) is 0. The van der Waals surface area contributed by atoms with Crippen LogP contribution >= 0.6 is 22.7 Å². The molecular weight excluding hydrogens is 384 g/mol. The second-order valence-electron chi connectivity index (χ2n) is 6.69. The molecule has 2 aromatic heterocycles. The van der Waals surface area contributed by atoms with Crippen molar-refractivity contribution in [1.29, 1.82) is 0 Å². The number of thiophene rings is 2. The van der Waals surface area contributed by atoms with Gasteiger partial charge in [0.15, 0.2) is 11.5 Å². The zero-order chi connectivity index (χ0) is 19.1. The molecule has 2 heterocycles. The average molecular weight is 403 g/mol. The lowest BCUT2D eigenvalue weighted by Crippen LogP contribution is -1.89. The summed E-state index contributed by atoms with van der Waals surface area (Å²) in [6.07, 6.45) is 0. The monoisotopic (exact) mass is 402 g/mol. The summed E-state index contributed by atoms with van der Waals surface area (Å²) in [4.78, 5) is 2.47. The summed E-state index contributed by atoms with van der Waals surface area (Å²) >= 11 is 3.49. The molecule has 0 amide bonds. The van der Waals surface area contributed by atoms with Crippen LogP contribution in [0.4, 0.5) is 0 Å². The second kappa shape index (κ2) is 6.97. The maximum Gasteiger partial charge on any atom is 0.154 e. The fourth-order valence-electron chi connectivity index (χ4n) is 3.36. The van der Waals surface area contributed by atoms with Crippen LogP contribution in [0, 0.1) is 13.8 Å². The van der Waals surface area contributed by atoms with Crippen molar-refractivity contribution >= 4 is 42.8 Å². The Bertz CT molecular complexity index is 1110. The molecule has 0 aliphatic heterocycles. The van der Waals surface area contributed by atoms with Gasteiger partial charge in [-0.25, -0.2) is 0 Å². The van der Waals surface area contributed by atoms with Gasteiger partial charge in [0.1, 0.15) is 11.5 Å². The van der Waals surface area contributed by atoms with Crippen molar-refractivity contribution < 1.29 is 9.47 Å². The maximum atomic E-state index is 6.40. The van der Waals surface area contributed by atoms with Gasteiger partial charge in [-0.1, -0.05) is 36.4 Å². The molecule has 0 saturated heterocycles. The highest BCUT2D eigenvalue weighted by Gasteiger charge is 2.21. The van der Waals surface area contributed by atoms with Crippen LogP contribution in [0.2, 0.25) is 0 Å². The fraction of sp³-hybridized carbons (Fsp3) is 0.0833. The van der Waals surface area contributed by atoms with E-state index in [9.17, 15) is 0 Å². The van der Waals surface area contributed by atoms with Gasteiger partial charge in [-0.3, -0.25) is 0 Å². The third-order valence-electron chi connectivity index (χ3n) is 4.54. The van der Waals surface area contributed by atoms with Gasteiger partial charge in [0.2, 0.25) is 0 Å². The molecule has 0 atom stereocenters. The van der Waals surface area contributed by atoms with Gasteiger partial charge in [-0.15, -0.1) is 22.7 Å². The fourth-order valence-corrected chi connectivity index (χ4v) is 5.37. The molecule has 28 heavy (non-hydrogen) atoms. The molecule has 0 aliphatic carbocycles. The Labute approximate surface area is 171 Å². The quantitative estimate of drug-likeness (QED) is 0.301. The van der Waals surface area contributed by atoms with Crippen molar-refractivity contribution in [1.82, 2.24) is 0 Å². The van der Waals surface area contributed by atoms with E-state index in [4.69, 9.17) is 9.47 Å². The number of fused-ring (bicyclic) bond motifs is 2. The minimum absolute atomic E-state index is 0.844. The zero-order valence-electron chi connectivity index (χ0n) is 15.6. The molecule has 4 heteroatoms. The number of hydrogen-bond acceptors (Lipinski definition) is 4. The highest BCUT2D eigenvalue weighted by atomic mass is 32.1. The Morgan fingerprint density at radius 2 is 0.964 bits per heavy atom. The van der Waals surface area contributed by atoms with E-state index >= 15 is 0 Å². The molecular formula is C24H18O2S2. The molecule has 0 aliphatic rings. The van der Waals surface area contributed by atoms with Crippen molar-refractivity contribution in [2.45, 2.75) is 13.8 Å². The van der Waals surface area contributed by atoms with Crippen molar-refractivity contribution in [2.24, 2.45) is 0 Å². The lowest BCUT2D eigenvalue weighted by atomic mass is 10.1. The van der Waals surface area contributed by atoms with E-state index in [0.29, 0.717) is 0 Å². The van der Waals surface area contributed by atoms with Crippen LogP contribution in [0.3, 0.4) is 0 Å². The predicted molar refractivity (Wildman–Crippen MR) is 120 cm³/mol. The molecule has 0 bridgehead atoms. The lowest BCUT2D eigenvalue weighted by molar-refractivity contribution is 0.487. The maximum absolute atomic E-state index is 6.40. The first-order valence-electron chi connectivity index (χ1n) is 9.11. The second-order valence-corrected chi connectivity index (χ2v) is 9.20. The van der Waals surface area contributed by atoms with Crippen molar-refractivity contribution in [3.8, 4) is 23.0 Å². The summed E-state index contributed by atoms with van der Waals surface area (Å²) < 4.78 is 15.0. The summed E-state index contributed by atoms with van der Waals surface area (Å²) in [5.74, 6) is 3.52. The third-order valence-corrected chi connectivity index (χ3v) is 6.64. The van der Waals surface area contributed by atoms with E-state index in [2.05, 4.69) is 26.0 Å². The Kier molecular flexibility index (Phi) is 4.30.